The second-order valence-corrected chi connectivity index (χ2v) is 39.1. The number of nitrogens with zero attached hydrogens (tertiary/aromatic N) is 4. The molecule has 3 aliphatic carbocycles. The quantitative estimate of drug-likeness (QED) is 0.101. The Morgan fingerprint density at radius 1 is 0.153 bits per heavy atom. The first kappa shape index (κ1) is 83.7. The molecule has 0 aliphatic heterocycles. The predicted molar refractivity (Wildman–Crippen MR) is 607 cm³/mol. The maximum atomic E-state index is 2.50. The van der Waals surface area contributed by atoms with E-state index in [-0.39, 0.29) is 5.41 Å². The molecule has 0 fully saturated rings. The van der Waals surface area contributed by atoms with Crippen LogP contribution < -0.4 is 9.80 Å². The van der Waals surface area contributed by atoms with Gasteiger partial charge in [0, 0.05) is 72.5 Å². The summed E-state index contributed by atoms with van der Waals surface area (Å²) in [7, 11) is 0. The van der Waals surface area contributed by atoms with Gasteiger partial charge in [0.15, 0.2) is 0 Å². The maximum Gasteiger partial charge on any atom is 0.0725 e. The first-order chi connectivity index (χ1) is 71.2. The van der Waals surface area contributed by atoms with Gasteiger partial charge >= 0.3 is 0 Å². The Morgan fingerprint density at radius 3 is 0.736 bits per heavy atom. The van der Waals surface area contributed by atoms with Crippen molar-refractivity contribution in [2.75, 3.05) is 9.80 Å². The fourth-order valence-electron chi connectivity index (χ4n) is 24.8. The van der Waals surface area contributed by atoms with Crippen LogP contribution in [0.25, 0.3) is 198 Å². The Balaban J connectivity index is 0.000000141. The van der Waals surface area contributed by atoms with Crippen molar-refractivity contribution in [2.24, 2.45) is 0 Å². The first-order valence-corrected chi connectivity index (χ1v) is 50.1. The SMILES string of the molecule is CC1(C)c2ccccc2-c2ccc(-c3ccc4c(c3)c3cc(N(c5ccccc5)c5ccc(-c6c7ccccc7c(-c7ccccc7)c7ccccc67)cc5)ccc3n4-c3ccccc3)cc21.c1ccc(-c2c3ccccc3c(-c3ccc(N(c4ccccc4)c4ccc5c(c4)c4cc(-c6ccc7c(c6)C6(c8ccccc8-c8ccccc86)c6ccccc6-7)ccc4n5-c4ccccc4)cc3)c3ccccc23)cc1. The van der Waals surface area contributed by atoms with Crippen LogP contribution in [0, 0.1) is 0 Å². The fraction of sp³-hybridized carbons (Fsp3) is 0.0286. The van der Waals surface area contributed by atoms with Crippen LogP contribution >= 0.6 is 0 Å². The van der Waals surface area contributed by atoms with Gasteiger partial charge in [-0.1, -0.05) is 402 Å². The molecule has 26 aromatic rings. The highest BCUT2D eigenvalue weighted by atomic mass is 15.2. The number of hydrogen-bond acceptors (Lipinski definition) is 2. The molecular formula is C140H94N4. The molecule has 0 bridgehead atoms. The normalized spacial score (nSPS) is 12.8. The molecule has 0 atom stereocenters. The molecule has 0 N–H and O–H groups in total. The summed E-state index contributed by atoms with van der Waals surface area (Å²) in [6, 6.07) is 197. The van der Waals surface area contributed by atoms with Gasteiger partial charge in [0.05, 0.1) is 27.5 Å². The topological polar surface area (TPSA) is 16.3 Å². The first-order valence-electron chi connectivity index (χ1n) is 50.1. The zero-order chi connectivity index (χ0) is 95.2. The summed E-state index contributed by atoms with van der Waals surface area (Å²) < 4.78 is 4.85. The van der Waals surface area contributed by atoms with Crippen molar-refractivity contribution in [3.63, 3.8) is 0 Å². The molecule has 0 amide bonds. The van der Waals surface area contributed by atoms with Gasteiger partial charge in [-0.15, -0.1) is 0 Å². The second kappa shape index (κ2) is 33.7. The highest BCUT2D eigenvalue weighted by molar-refractivity contribution is 6.24. The van der Waals surface area contributed by atoms with Crippen LogP contribution in [0.1, 0.15) is 47.2 Å². The van der Waals surface area contributed by atoms with Crippen molar-refractivity contribution in [1.82, 2.24) is 9.13 Å². The number of rotatable bonds is 14. The van der Waals surface area contributed by atoms with E-state index in [0.717, 1.165) is 51.0 Å². The molecule has 29 rings (SSSR count). The van der Waals surface area contributed by atoms with Gasteiger partial charge in [0.2, 0.25) is 0 Å². The Morgan fingerprint density at radius 2 is 0.382 bits per heavy atom. The van der Waals surface area contributed by atoms with Gasteiger partial charge in [-0.2, -0.15) is 0 Å². The van der Waals surface area contributed by atoms with Crippen LogP contribution in [0.3, 0.4) is 0 Å². The average molecular weight is 1830 g/mol. The van der Waals surface area contributed by atoms with Crippen molar-refractivity contribution in [2.45, 2.75) is 24.7 Å². The third kappa shape index (κ3) is 13.1. The molecule has 3 aliphatic rings. The molecule has 4 heteroatoms. The number of benzene rings is 24. The van der Waals surface area contributed by atoms with Gasteiger partial charge in [-0.3, -0.25) is 0 Å². The van der Waals surface area contributed by atoms with Crippen LogP contribution in [-0.2, 0) is 10.8 Å². The van der Waals surface area contributed by atoms with Crippen LogP contribution in [0.2, 0.25) is 0 Å². The van der Waals surface area contributed by atoms with Crippen molar-refractivity contribution >= 4 is 121 Å². The molecular weight excluding hydrogens is 1740 g/mol. The van der Waals surface area contributed by atoms with Crippen molar-refractivity contribution < 1.29 is 0 Å². The lowest BCUT2D eigenvalue weighted by molar-refractivity contribution is 0.660. The summed E-state index contributed by atoms with van der Waals surface area (Å²) >= 11 is 0. The Labute approximate surface area is 837 Å². The monoisotopic (exact) mass is 1830 g/mol. The lowest BCUT2D eigenvalue weighted by atomic mass is 9.70. The number of aromatic nitrogens is 2. The van der Waals surface area contributed by atoms with Gasteiger partial charge < -0.3 is 18.9 Å². The highest BCUT2D eigenvalue weighted by Gasteiger charge is 2.52. The molecule has 0 saturated carbocycles. The lowest BCUT2D eigenvalue weighted by Crippen LogP contribution is -2.25. The standard InChI is InChI=1S/C75H48N2.C65H46N2/c1-4-20-49(21-5-1)73-61-29-10-12-31-63(61)74(64-32-13-11-30-62(64)73)50-36-40-55(41-37-50)76(53-22-6-2-7-23-53)56-42-45-72-66(48-56)65-46-51(39-44-71(65)77(72)54-24-8-3-9-25-54)52-38-43-60-59-28-16-19-35-69(59)75(70(60)47-52)67-33-17-14-26-57(67)58-27-15-18-34-68(58)75;1-65(2)59-29-17-16-24-51(59)52-37-32-46(41-60(52)65)45-33-38-61-57(40-45)58-42-50(36-39-62(58)67(61)48-22-10-5-11-23-48)66(47-20-8-4-9-21-47)49-34-30-44(31-35-49)64-55-27-14-12-25-53(55)63(43-18-6-3-7-19-43)54-26-13-15-28-56(54)64/h1-48H;3-42H,1-2H3. The number of hydrogen-bond donors (Lipinski definition) is 0. The van der Waals surface area contributed by atoms with Gasteiger partial charge in [-0.25, -0.2) is 0 Å². The third-order valence-corrected chi connectivity index (χ3v) is 31.1. The molecule has 674 valence electrons. The van der Waals surface area contributed by atoms with E-state index in [1.807, 2.05) is 0 Å². The van der Waals surface area contributed by atoms with E-state index in [0.29, 0.717) is 0 Å². The zero-order valence-electron chi connectivity index (χ0n) is 79.6. The minimum Gasteiger partial charge on any atom is -0.310 e. The van der Waals surface area contributed by atoms with E-state index in [4.69, 9.17) is 0 Å². The Hall–Kier alpha value is -18.5. The molecule has 2 aromatic heterocycles. The Bertz CT molecular complexity index is 9460. The largest absolute Gasteiger partial charge is 0.310 e. The molecule has 24 aromatic carbocycles. The maximum absolute atomic E-state index is 2.50. The zero-order valence-corrected chi connectivity index (χ0v) is 79.6. The summed E-state index contributed by atoms with van der Waals surface area (Å²) in [5.74, 6) is 0. The van der Waals surface area contributed by atoms with E-state index in [9.17, 15) is 0 Å². The van der Waals surface area contributed by atoms with E-state index in [2.05, 4.69) is 567 Å². The Kier molecular flexibility index (Phi) is 19.6. The van der Waals surface area contributed by atoms with E-state index in [1.54, 1.807) is 0 Å². The highest BCUT2D eigenvalue weighted by Crippen LogP contribution is 2.64. The molecule has 4 nitrogen and oxygen atoms in total. The van der Waals surface area contributed by atoms with E-state index < -0.39 is 5.41 Å². The predicted octanol–water partition coefficient (Wildman–Crippen LogP) is 37.8. The van der Waals surface area contributed by atoms with Crippen LogP contribution in [0.4, 0.5) is 34.1 Å². The minimum atomic E-state index is -0.412. The van der Waals surface area contributed by atoms with Crippen molar-refractivity contribution in [3.05, 3.63) is 567 Å². The lowest BCUT2D eigenvalue weighted by Gasteiger charge is -2.30. The van der Waals surface area contributed by atoms with Crippen LogP contribution in [0.15, 0.2) is 534 Å². The van der Waals surface area contributed by atoms with Gasteiger partial charge in [0.25, 0.3) is 0 Å². The fourth-order valence-corrected chi connectivity index (χ4v) is 24.8. The molecule has 2 heterocycles. The van der Waals surface area contributed by atoms with E-state index >= 15 is 0 Å². The van der Waals surface area contributed by atoms with Gasteiger partial charge in [0.1, 0.15) is 0 Å². The summed E-state index contributed by atoms with van der Waals surface area (Å²) in [5.41, 5.74) is 43.9. The van der Waals surface area contributed by atoms with E-state index in [1.165, 1.54) is 215 Å². The number of anilines is 6. The third-order valence-electron chi connectivity index (χ3n) is 31.1. The molecule has 144 heavy (non-hydrogen) atoms. The molecule has 1 spiro atoms. The summed E-state index contributed by atoms with van der Waals surface area (Å²) in [5, 5.41) is 14.9. The van der Waals surface area contributed by atoms with Crippen molar-refractivity contribution in [1.29, 1.82) is 0 Å². The number of fused-ring (bicyclic) bond motifs is 23. The molecule has 0 radical (unpaired) electrons. The molecule has 0 unspecified atom stereocenters. The smallest absolute Gasteiger partial charge is 0.0725 e. The van der Waals surface area contributed by atoms with Crippen LogP contribution in [-0.4, -0.2) is 9.13 Å². The summed E-state index contributed by atoms with van der Waals surface area (Å²) in [6.45, 7) is 4.72. The number of para-hydroxylation sites is 4. The summed E-state index contributed by atoms with van der Waals surface area (Å²) in [4.78, 5) is 4.80. The second-order valence-electron chi connectivity index (χ2n) is 39.1. The van der Waals surface area contributed by atoms with Crippen molar-refractivity contribution in [3.8, 4) is 112 Å². The molecule has 0 saturated heterocycles. The van der Waals surface area contributed by atoms with Crippen LogP contribution in [0.5, 0.6) is 0 Å². The summed E-state index contributed by atoms with van der Waals surface area (Å²) in [6.07, 6.45) is 0. The average Bonchev–Trinajstić information content (AvgIpc) is 1.48. The van der Waals surface area contributed by atoms with Gasteiger partial charge in [-0.05, 0) is 322 Å². The minimum absolute atomic E-state index is 0.0715.